The van der Waals surface area contributed by atoms with Crippen molar-refractivity contribution in [3.8, 4) is 0 Å². The van der Waals surface area contributed by atoms with Gasteiger partial charge in [-0.2, -0.15) is 0 Å². The molecule has 0 amide bonds. The Morgan fingerprint density at radius 2 is 1.82 bits per heavy atom. The molecule has 0 unspecified atom stereocenters. The Labute approximate surface area is 102 Å². The van der Waals surface area contributed by atoms with Crippen LogP contribution in [0.1, 0.15) is 12.8 Å². The predicted octanol–water partition coefficient (Wildman–Crippen LogP) is 3.71. The molecular weight excluding hydrogens is 251 g/mol. The summed E-state index contributed by atoms with van der Waals surface area (Å²) in [5, 5.41) is 0.344. The molecule has 2 fully saturated rings. The minimum absolute atomic E-state index is 0.0638. The van der Waals surface area contributed by atoms with E-state index in [4.69, 9.17) is 11.6 Å². The van der Waals surface area contributed by atoms with Gasteiger partial charge in [0.15, 0.2) is 0 Å². The summed E-state index contributed by atoms with van der Waals surface area (Å²) in [6.07, 6.45) is -0.128. The van der Waals surface area contributed by atoms with Crippen molar-refractivity contribution in [3.63, 3.8) is 0 Å². The molecule has 92 valence electrons. The molecule has 0 atom stereocenters. The van der Waals surface area contributed by atoms with Crippen molar-refractivity contribution in [2.75, 3.05) is 18.0 Å². The van der Waals surface area contributed by atoms with Crippen LogP contribution >= 0.6 is 11.6 Å². The fourth-order valence-corrected chi connectivity index (χ4v) is 3.10. The lowest BCUT2D eigenvalue weighted by Crippen LogP contribution is -2.66. The largest absolute Gasteiger partial charge is 0.368 e. The molecule has 1 spiro atoms. The summed E-state index contributed by atoms with van der Waals surface area (Å²) in [4.78, 5) is 1.79. The quantitative estimate of drug-likeness (QED) is 0.745. The first-order valence-corrected chi connectivity index (χ1v) is 5.85. The third kappa shape index (κ3) is 1.79. The number of hydrogen-bond acceptors (Lipinski definition) is 1. The van der Waals surface area contributed by atoms with Gasteiger partial charge in [0.2, 0.25) is 5.92 Å². The highest BCUT2D eigenvalue weighted by Crippen LogP contribution is 2.57. The molecule has 17 heavy (non-hydrogen) atoms. The topological polar surface area (TPSA) is 3.24 Å². The van der Waals surface area contributed by atoms with Crippen LogP contribution in [0.15, 0.2) is 18.2 Å². The molecule has 2 aliphatic rings. The maximum Gasteiger partial charge on any atom is 0.249 e. The van der Waals surface area contributed by atoms with E-state index in [2.05, 4.69) is 0 Å². The molecule has 3 rings (SSSR count). The lowest BCUT2D eigenvalue weighted by molar-refractivity contribution is -0.170. The van der Waals surface area contributed by atoms with Gasteiger partial charge in [-0.25, -0.2) is 13.2 Å². The van der Waals surface area contributed by atoms with Crippen LogP contribution in [0.4, 0.5) is 18.9 Å². The molecule has 0 aromatic heterocycles. The fraction of sp³-hybridized carbons (Fsp3) is 0.500. The molecule has 1 saturated carbocycles. The lowest BCUT2D eigenvalue weighted by Gasteiger charge is -2.59. The first kappa shape index (κ1) is 11.2. The molecule has 1 aliphatic carbocycles. The summed E-state index contributed by atoms with van der Waals surface area (Å²) >= 11 is 5.66. The summed E-state index contributed by atoms with van der Waals surface area (Å²) in [6.45, 7) is 1.03. The van der Waals surface area contributed by atoms with Gasteiger partial charge in [0.25, 0.3) is 0 Å². The molecule has 1 aliphatic heterocycles. The van der Waals surface area contributed by atoms with Gasteiger partial charge in [0, 0.05) is 36.4 Å². The number of halogens is 4. The minimum Gasteiger partial charge on any atom is -0.368 e. The Hall–Kier alpha value is -0.900. The molecular formula is C12H11ClF3N. The van der Waals surface area contributed by atoms with Crippen molar-refractivity contribution in [1.29, 1.82) is 0 Å². The van der Waals surface area contributed by atoms with Gasteiger partial charge in [-0.05, 0) is 18.2 Å². The van der Waals surface area contributed by atoms with Gasteiger partial charge in [0.1, 0.15) is 5.82 Å². The first-order chi connectivity index (χ1) is 7.89. The van der Waals surface area contributed by atoms with Gasteiger partial charge >= 0.3 is 0 Å². The van der Waals surface area contributed by atoms with E-state index < -0.39 is 11.7 Å². The van der Waals surface area contributed by atoms with Crippen LogP contribution in [0.25, 0.3) is 0 Å². The van der Waals surface area contributed by atoms with Crippen molar-refractivity contribution >= 4 is 17.3 Å². The van der Waals surface area contributed by atoms with Crippen LogP contribution in [0, 0.1) is 11.2 Å². The first-order valence-electron chi connectivity index (χ1n) is 5.47. The zero-order valence-electron chi connectivity index (χ0n) is 9.02. The number of anilines is 1. The van der Waals surface area contributed by atoms with E-state index in [1.54, 1.807) is 17.0 Å². The summed E-state index contributed by atoms with van der Waals surface area (Å²) in [7, 11) is 0. The molecule has 0 radical (unpaired) electrons. The highest BCUT2D eigenvalue weighted by molar-refractivity contribution is 6.30. The summed E-state index contributed by atoms with van der Waals surface area (Å²) in [5.74, 6) is -2.90. The lowest BCUT2D eigenvalue weighted by atomic mass is 9.61. The number of nitrogens with zero attached hydrogens (tertiary/aromatic N) is 1. The Morgan fingerprint density at radius 1 is 1.18 bits per heavy atom. The third-order valence-corrected chi connectivity index (χ3v) is 3.81. The van der Waals surface area contributed by atoms with Crippen LogP contribution < -0.4 is 4.90 Å². The van der Waals surface area contributed by atoms with E-state index >= 15 is 0 Å². The molecule has 1 saturated heterocycles. The predicted molar refractivity (Wildman–Crippen MR) is 60.2 cm³/mol. The van der Waals surface area contributed by atoms with E-state index in [0.717, 1.165) is 0 Å². The van der Waals surface area contributed by atoms with Crippen LogP contribution in [0.2, 0.25) is 5.02 Å². The second-order valence-corrected chi connectivity index (χ2v) is 5.60. The van der Waals surface area contributed by atoms with E-state index in [1.807, 2.05) is 0 Å². The summed E-state index contributed by atoms with van der Waals surface area (Å²) < 4.78 is 39.2. The van der Waals surface area contributed by atoms with Crippen LogP contribution in [0.5, 0.6) is 0 Å². The number of hydrogen-bond donors (Lipinski definition) is 0. The Morgan fingerprint density at radius 3 is 2.35 bits per heavy atom. The molecule has 1 aromatic rings. The van der Waals surface area contributed by atoms with Crippen molar-refractivity contribution in [2.24, 2.45) is 5.41 Å². The van der Waals surface area contributed by atoms with Gasteiger partial charge in [-0.15, -0.1) is 0 Å². The van der Waals surface area contributed by atoms with Crippen LogP contribution in [-0.2, 0) is 0 Å². The monoisotopic (exact) mass is 261 g/mol. The zero-order chi connectivity index (χ0) is 12.3. The Kier molecular flexibility index (Phi) is 2.18. The Balaban J connectivity index is 1.70. The van der Waals surface area contributed by atoms with E-state index in [1.165, 1.54) is 6.07 Å². The summed E-state index contributed by atoms with van der Waals surface area (Å²) in [6, 6.07) is 4.46. The number of alkyl halides is 2. The van der Waals surface area contributed by atoms with E-state index in [9.17, 15) is 13.2 Å². The van der Waals surface area contributed by atoms with E-state index in [0.29, 0.717) is 23.8 Å². The fourth-order valence-electron chi connectivity index (χ4n) is 2.94. The van der Waals surface area contributed by atoms with Crippen molar-refractivity contribution in [1.82, 2.24) is 0 Å². The van der Waals surface area contributed by atoms with Crippen molar-refractivity contribution in [3.05, 3.63) is 29.0 Å². The van der Waals surface area contributed by atoms with Crippen molar-refractivity contribution in [2.45, 2.75) is 18.8 Å². The standard InChI is InChI=1S/C12H11ClF3N/c13-8-1-2-10(9(14)3-8)17-6-11(7-17)4-12(15,16)5-11/h1-3H,4-7H2. The average molecular weight is 262 g/mol. The number of benzene rings is 1. The van der Waals surface area contributed by atoms with Gasteiger partial charge in [-0.1, -0.05) is 11.6 Å². The van der Waals surface area contributed by atoms with Crippen molar-refractivity contribution < 1.29 is 13.2 Å². The number of rotatable bonds is 1. The minimum atomic E-state index is -2.51. The molecule has 0 bridgehead atoms. The van der Waals surface area contributed by atoms with Crippen LogP contribution in [-0.4, -0.2) is 19.0 Å². The third-order valence-electron chi connectivity index (χ3n) is 3.57. The SMILES string of the molecule is Fc1cc(Cl)ccc1N1CC2(C1)CC(F)(F)C2. The normalized spacial score (nSPS) is 24.4. The Bertz CT molecular complexity index is 459. The smallest absolute Gasteiger partial charge is 0.249 e. The second-order valence-electron chi connectivity index (χ2n) is 5.16. The van der Waals surface area contributed by atoms with E-state index in [-0.39, 0.29) is 18.3 Å². The van der Waals surface area contributed by atoms with Gasteiger partial charge in [-0.3, -0.25) is 0 Å². The van der Waals surface area contributed by atoms with Gasteiger partial charge in [0.05, 0.1) is 5.69 Å². The molecule has 5 heteroatoms. The highest BCUT2D eigenvalue weighted by Gasteiger charge is 2.61. The maximum absolute atomic E-state index is 13.6. The average Bonchev–Trinajstić information content (AvgIpc) is 2.10. The maximum atomic E-state index is 13.6. The van der Waals surface area contributed by atoms with Crippen LogP contribution in [0.3, 0.4) is 0 Å². The van der Waals surface area contributed by atoms with Gasteiger partial charge < -0.3 is 4.90 Å². The molecule has 0 N–H and O–H groups in total. The zero-order valence-corrected chi connectivity index (χ0v) is 9.78. The highest BCUT2D eigenvalue weighted by atomic mass is 35.5. The molecule has 1 nitrogen and oxygen atoms in total. The molecule has 1 heterocycles. The molecule has 1 aromatic carbocycles. The second kappa shape index (κ2) is 3.31. The summed E-state index contributed by atoms with van der Waals surface area (Å²) in [5.41, 5.74) is 0.172.